The van der Waals surface area contributed by atoms with Gasteiger partial charge in [-0.1, -0.05) is 17.7 Å². The van der Waals surface area contributed by atoms with Crippen molar-refractivity contribution in [2.75, 3.05) is 32.1 Å². The molecule has 1 rings (SSSR count). The van der Waals surface area contributed by atoms with E-state index >= 15 is 0 Å². The third-order valence-corrected chi connectivity index (χ3v) is 6.02. The maximum absolute atomic E-state index is 12.2. The van der Waals surface area contributed by atoms with Gasteiger partial charge in [-0.25, -0.2) is 21.6 Å². The van der Waals surface area contributed by atoms with Gasteiger partial charge in [-0.15, -0.1) is 24.0 Å². The van der Waals surface area contributed by atoms with Crippen LogP contribution in [0, 0.1) is 0 Å². The Morgan fingerprint density at radius 3 is 2.44 bits per heavy atom. The number of hydrogen-bond acceptors (Lipinski definition) is 5. The highest BCUT2D eigenvalue weighted by atomic mass is 127. The Morgan fingerprint density at radius 2 is 1.89 bits per heavy atom. The molecule has 0 amide bonds. The van der Waals surface area contributed by atoms with E-state index < -0.39 is 19.9 Å². The summed E-state index contributed by atoms with van der Waals surface area (Å²) in [7, 11) is -5.07. The van der Waals surface area contributed by atoms with Crippen LogP contribution in [0.4, 0.5) is 0 Å². The molecule has 1 aromatic rings. The molecule has 12 heteroatoms. The van der Waals surface area contributed by atoms with Crippen LogP contribution < -0.4 is 15.4 Å². The first-order valence-electron chi connectivity index (χ1n) is 7.93. The van der Waals surface area contributed by atoms with E-state index in [0.717, 1.165) is 0 Å². The van der Waals surface area contributed by atoms with Gasteiger partial charge in [0.1, 0.15) is 9.84 Å². The van der Waals surface area contributed by atoms with Crippen LogP contribution in [0.5, 0.6) is 0 Å². The van der Waals surface area contributed by atoms with Crippen LogP contribution in [0.25, 0.3) is 0 Å². The summed E-state index contributed by atoms with van der Waals surface area (Å²) in [6, 6.07) is 5.91. The third kappa shape index (κ3) is 11.1. The third-order valence-electron chi connectivity index (χ3n) is 3.34. The zero-order valence-corrected chi connectivity index (χ0v) is 20.1. The molecule has 1 atom stereocenters. The van der Waals surface area contributed by atoms with Crippen molar-refractivity contribution in [3.8, 4) is 0 Å². The minimum atomic E-state index is -3.64. The fourth-order valence-corrected chi connectivity index (χ4v) is 4.09. The summed E-state index contributed by atoms with van der Waals surface area (Å²) < 4.78 is 49.2. The highest BCUT2D eigenvalue weighted by molar-refractivity contribution is 14.0. The lowest BCUT2D eigenvalue weighted by Gasteiger charge is -2.17. The largest absolute Gasteiger partial charge is 0.355 e. The molecule has 0 aliphatic heterocycles. The van der Waals surface area contributed by atoms with Crippen molar-refractivity contribution in [1.29, 1.82) is 0 Å². The van der Waals surface area contributed by atoms with Gasteiger partial charge in [-0.2, -0.15) is 0 Å². The number of nitrogens with one attached hydrogen (secondary N) is 3. The van der Waals surface area contributed by atoms with Crippen LogP contribution >= 0.6 is 35.6 Å². The normalized spacial score (nSPS) is 13.6. The second-order valence-electron chi connectivity index (χ2n) is 5.82. The molecule has 0 fully saturated rings. The van der Waals surface area contributed by atoms with E-state index in [1.807, 2.05) is 6.92 Å². The maximum Gasteiger partial charge on any atom is 0.240 e. The number of sulfonamides is 1. The van der Waals surface area contributed by atoms with Crippen LogP contribution in [0.3, 0.4) is 0 Å². The smallest absolute Gasteiger partial charge is 0.240 e. The van der Waals surface area contributed by atoms with Crippen LogP contribution in [-0.4, -0.2) is 61.0 Å². The molecule has 0 aliphatic carbocycles. The fourth-order valence-electron chi connectivity index (χ4n) is 1.97. The van der Waals surface area contributed by atoms with E-state index in [-0.39, 0.29) is 47.2 Å². The summed E-state index contributed by atoms with van der Waals surface area (Å²) in [6.07, 6.45) is 1.64. The Morgan fingerprint density at radius 1 is 1.22 bits per heavy atom. The average molecular weight is 553 g/mol. The quantitative estimate of drug-likeness (QED) is 0.184. The van der Waals surface area contributed by atoms with Crippen molar-refractivity contribution in [3.05, 3.63) is 29.3 Å². The second kappa shape index (κ2) is 12.0. The van der Waals surface area contributed by atoms with Gasteiger partial charge < -0.3 is 10.6 Å². The zero-order chi connectivity index (χ0) is 19.8. The number of sulfone groups is 1. The summed E-state index contributed by atoms with van der Waals surface area (Å²) >= 11 is 5.81. The molecule has 0 saturated carbocycles. The monoisotopic (exact) mass is 552 g/mol. The number of rotatable bonds is 9. The molecule has 0 aromatic heterocycles. The topological polar surface area (TPSA) is 117 Å². The first kappa shape index (κ1) is 26.4. The average Bonchev–Trinajstić information content (AvgIpc) is 2.55. The van der Waals surface area contributed by atoms with E-state index in [0.29, 0.717) is 23.9 Å². The molecule has 0 radical (unpaired) electrons. The van der Waals surface area contributed by atoms with Crippen LogP contribution in [0.15, 0.2) is 34.2 Å². The summed E-state index contributed by atoms with van der Waals surface area (Å²) in [6.45, 7) is 2.30. The molecule has 8 nitrogen and oxygen atoms in total. The number of guanidine groups is 1. The number of nitrogens with zero attached hydrogens (tertiary/aromatic N) is 1. The van der Waals surface area contributed by atoms with Crippen LogP contribution in [-0.2, 0) is 19.9 Å². The van der Waals surface area contributed by atoms with Gasteiger partial charge in [0.05, 0.1) is 10.6 Å². The lowest BCUT2D eigenvalue weighted by Crippen LogP contribution is -2.45. The lowest BCUT2D eigenvalue weighted by atomic mass is 10.3. The Bertz CT molecular complexity index is 832. The number of aliphatic imine (C=N–C) groups is 1. The molecular formula is C15H26ClIN4O4S2. The molecule has 0 bridgehead atoms. The summed E-state index contributed by atoms with van der Waals surface area (Å²) in [5.41, 5.74) is 0. The molecule has 156 valence electrons. The predicted octanol–water partition coefficient (Wildman–Crippen LogP) is 1.22. The highest BCUT2D eigenvalue weighted by Gasteiger charge is 2.14. The molecular weight excluding hydrogens is 527 g/mol. The van der Waals surface area contributed by atoms with E-state index in [1.165, 1.54) is 18.4 Å². The van der Waals surface area contributed by atoms with Gasteiger partial charge in [0, 0.05) is 37.5 Å². The van der Waals surface area contributed by atoms with Gasteiger partial charge in [0.15, 0.2) is 5.96 Å². The van der Waals surface area contributed by atoms with Gasteiger partial charge in [-0.3, -0.25) is 4.99 Å². The van der Waals surface area contributed by atoms with Crippen molar-refractivity contribution < 1.29 is 16.8 Å². The molecule has 27 heavy (non-hydrogen) atoms. The Labute approximate surface area is 183 Å². The minimum absolute atomic E-state index is 0. The Kier molecular flexibility index (Phi) is 11.8. The SMILES string of the molecule is CN=C(NCCNS(=O)(=O)c1cccc(Cl)c1)NC(C)CCS(C)(=O)=O.I. The van der Waals surface area contributed by atoms with Crippen LogP contribution in [0.1, 0.15) is 13.3 Å². The summed E-state index contributed by atoms with van der Waals surface area (Å²) in [5.74, 6) is 0.547. The van der Waals surface area contributed by atoms with E-state index in [4.69, 9.17) is 11.6 Å². The van der Waals surface area contributed by atoms with E-state index in [9.17, 15) is 16.8 Å². The standard InChI is InChI=1S/C15H25ClN4O4S2.HI/c1-12(7-10-25(3,21)22)20-15(17-2)18-8-9-19-26(23,24)14-6-4-5-13(16)11-14;/h4-6,11-12,19H,7-10H2,1-3H3,(H2,17,18,20);1H. The van der Waals surface area contributed by atoms with Crippen molar-refractivity contribution in [1.82, 2.24) is 15.4 Å². The van der Waals surface area contributed by atoms with Crippen molar-refractivity contribution >= 4 is 61.4 Å². The predicted molar refractivity (Wildman–Crippen MR) is 120 cm³/mol. The van der Waals surface area contributed by atoms with Crippen molar-refractivity contribution in [2.24, 2.45) is 4.99 Å². The second-order valence-corrected chi connectivity index (χ2v) is 10.3. The number of hydrogen-bond donors (Lipinski definition) is 3. The molecule has 0 saturated heterocycles. The Balaban J connectivity index is 0.00000676. The fraction of sp³-hybridized carbons (Fsp3) is 0.533. The molecule has 0 aliphatic rings. The van der Waals surface area contributed by atoms with E-state index in [1.54, 1.807) is 19.2 Å². The molecule has 1 unspecified atom stereocenters. The molecule has 1 aromatic carbocycles. The molecule has 0 heterocycles. The van der Waals surface area contributed by atoms with E-state index in [2.05, 4.69) is 20.3 Å². The lowest BCUT2D eigenvalue weighted by molar-refractivity contribution is 0.577. The first-order valence-corrected chi connectivity index (χ1v) is 11.9. The highest BCUT2D eigenvalue weighted by Crippen LogP contribution is 2.14. The summed E-state index contributed by atoms with van der Waals surface area (Å²) in [4.78, 5) is 4.13. The van der Waals surface area contributed by atoms with Gasteiger partial charge >= 0.3 is 0 Å². The van der Waals surface area contributed by atoms with Gasteiger partial charge in [-0.05, 0) is 31.5 Å². The molecule has 0 spiro atoms. The number of benzene rings is 1. The minimum Gasteiger partial charge on any atom is -0.355 e. The Hall–Kier alpha value is -0.630. The van der Waals surface area contributed by atoms with Gasteiger partial charge in [0.2, 0.25) is 10.0 Å². The van der Waals surface area contributed by atoms with Crippen molar-refractivity contribution in [3.63, 3.8) is 0 Å². The summed E-state index contributed by atoms with van der Waals surface area (Å²) in [5, 5.41) is 6.37. The van der Waals surface area contributed by atoms with Crippen LogP contribution in [0.2, 0.25) is 5.02 Å². The number of halogens is 2. The van der Waals surface area contributed by atoms with Crippen molar-refractivity contribution in [2.45, 2.75) is 24.3 Å². The maximum atomic E-state index is 12.2. The first-order chi connectivity index (χ1) is 12.0. The van der Waals surface area contributed by atoms with Gasteiger partial charge in [0.25, 0.3) is 0 Å². The molecule has 3 N–H and O–H groups in total. The zero-order valence-electron chi connectivity index (χ0n) is 15.4.